The zero-order valence-corrected chi connectivity index (χ0v) is 17.6. The highest BCUT2D eigenvalue weighted by molar-refractivity contribution is 6.10. The third kappa shape index (κ3) is 3.82. The van der Waals surface area contributed by atoms with E-state index in [1.807, 2.05) is 30.5 Å². The summed E-state index contributed by atoms with van der Waals surface area (Å²) >= 11 is 0. The van der Waals surface area contributed by atoms with Gasteiger partial charge in [-0.05, 0) is 51.2 Å². The second kappa shape index (κ2) is 8.17. The predicted octanol–water partition coefficient (Wildman–Crippen LogP) is 4.78. The number of amides is 1. The molecule has 0 atom stereocenters. The summed E-state index contributed by atoms with van der Waals surface area (Å²) < 4.78 is 12.0. The van der Waals surface area contributed by atoms with Gasteiger partial charge < -0.3 is 14.5 Å². The lowest BCUT2D eigenvalue weighted by molar-refractivity contribution is 0.0882. The molecule has 2 heterocycles. The maximum atomic E-state index is 13.0. The Balaban J connectivity index is 1.22. The van der Waals surface area contributed by atoms with Crippen LogP contribution in [0.2, 0.25) is 0 Å². The quantitative estimate of drug-likeness (QED) is 0.660. The van der Waals surface area contributed by atoms with Gasteiger partial charge in [0.1, 0.15) is 17.3 Å². The summed E-state index contributed by atoms with van der Waals surface area (Å²) in [5.74, 6) is 1.92. The van der Waals surface area contributed by atoms with Crippen LogP contribution < -0.4 is 10.1 Å². The van der Waals surface area contributed by atoms with Crippen molar-refractivity contribution in [2.24, 2.45) is 0 Å². The minimum absolute atomic E-state index is 0.0191. The number of aromatic nitrogens is 1. The molecule has 0 spiro atoms. The maximum absolute atomic E-state index is 13.0. The van der Waals surface area contributed by atoms with Crippen molar-refractivity contribution in [1.82, 2.24) is 10.3 Å². The van der Waals surface area contributed by atoms with Crippen LogP contribution in [0, 0.1) is 6.92 Å². The fourth-order valence-corrected chi connectivity index (χ4v) is 4.84. The molecule has 1 aromatic carbocycles. The van der Waals surface area contributed by atoms with Crippen LogP contribution in [-0.2, 0) is 6.42 Å². The third-order valence-electron chi connectivity index (χ3n) is 6.41. The molecule has 160 valence electrons. The first-order valence-corrected chi connectivity index (χ1v) is 11.1. The predicted molar refractivity (Wildman–Crippen MR) is 117 cm³/mol. The fraction of sp³-hybridized carbons (Fsp3) is 0.400. The van der Waals surface area contributed by atoms with Crippen molar-refractivity contribution in [1.29, 1.82) is 0 Å². The van der Waals surface area contributed by atoms with Crippen LogP contribution in [0.15, 0.2) is 41.1 Å². The van der Waals surface area contributed by atoms with E-state index in [1.54, 1.807) is 13.1 Å². The standard InChI is InChI=1S/C25H26N2O4/c1-15-23(24-20(28)5-3-7-22(24)30-15)25(29)27-17-8-10-18(11-9-17)31-21-6-2-4-16-14-26-13-12-19(16)21/h2,4,6,12-14,17-18H,3,5,7-11H2,1H3,(H,27,29). The van der Waals surface area contributed by atoms with E-state index >= 15 is 0 Å². The summed E-state index contributed by atoms with van der Waals surface area (Å²) in [6, 6.07) is 8.07. The second-order valence-electron chi connectivity index (χ2n) is 8.53. The van der Waals surface area contributed by atoms with Gasteiger partial charge in [-0.1, -0.05) is 12.1 Å². The first-order valence-electron chi connectivity index (χ1n) is 11.1. The van der Waals surface area contributed by atoms with Crippen molar-refractivity contribution >= 4 is 22.5 Å². The van der Waals surface area contributed by atoms with Crippen LogP contribution >= 0.6 is 0 Å². The van der Waals surface area contributed by atoms with Crippen molar-refractivity contribution in [2.45, 2.75) is 64.0 Å². The summed E-state index contributed by atoms with van der Waals surface area (Å²) in [4.78, 5) is 29.5. The highest BCUT2D eigenvalue weighted by Crippen LogP contribution is 2.31. The van der Waals surface area contributed by atoms with Gasteiger partial charge >= 0.3 is 0 Å². The zero-order chi connectivity index (χ0) is 21.4. The summed E-state index contributed by atoms with van der Waals surface area (Å²) in [7, 11) is 0. The second-order valence-corrected chi connectivity index (χ2v) is 8.53. The van der Waals surface area contributed by atoms with Crippen LogP contribution in [0.5, 0.6) is 5.75 Å². The topological polar surface area (TPSA) is 81.4 Å². The summed E-state index contributed by atoms with van der Waals surface area (Å²) in [5, 5.41) is 5.26. The average Bonchev–Trinajstić information content (AvgIpc) is 3.13. The number of hydrogen-bond acceptors (Lipinski definition) is 5. The highest BCUT2D eigenvalue weighted by Gasteiger charge is 2.32. The third-order valence-corrected chi connectivity index (χ3v) is 6.41. The summed E-state index contributed by atoms with van der Waals surface area (Å²) in [5.41, 5.74) is 0.936. The Morgan fingerprint density at radius 2 is 2.00 bits per heavy atom. The van der Waals surface area contributed by atoms with Crippen LogP contribution in [0.1, 0.15) is 70.8 Å². The van der Waals surface area contributed by atoms with Gasteiger partial charge in [0.2, 0.25) is 0 Å². The van der Waals surface area contributed by atoms with Gasteiger partial charge in [0.25, 0.3) is 5.91 Å². The Hall–Kier alpha value is -3.15. The highest BCUT2D eigenvalue weighted by atomic mass is 16.5. The molecule has 2 aromatic heterocycles. The number of Topliss-reactive ketones (excluding diaryl/α,β-unsaturated/α-hetero) is 1. The number of pyridine rings is 1. The normalized spacial score (nSPS) is 21.0. The molecule has 0 saturated heterocycles. The van der Waals surface area contributed by atoms with E-state index in [9.17, 15) is 9.59 Å². The number of aryl methyl sites for hydroxylation is 2. The van der Waals surface area contributed by atoms with E-state index in [1.165, 1.54) is 0 Å². The molecule has 3 aromatic rings. The number of furan rings is 1. The fourth-order valence-electron chi connectivity index (χ4n) is 4.84. The van der Waals surface area contributed by atoms with Gasteiger partial charge in [-0.3, -0.25) is 14.6 Å². The van der Waals surface area contributed by atoms with E-state index in [4.69, 9.17) is 9.15 Å². The zero-order valence-electron chi connectivity index (χ0n) is 17.6. The molecule has 1 amide bonds. The lowest BCUT2D eigenvalue weighted by Crippen LogP contribution is -2.40. The van der Waals surface area contributed by atoms with Crippen LogP contribution in [0.25, 0.3) is 10.8 Å². The Kier molecular flexibility index (Phi) is 5.22. The monoisotopic (exact) mass is 418 g/mol. The minimum atomic E-state index is -0.191. The van der Waals surface area contributed by atoms with Crippen LogP contribution in [0.4, 0.5) is 0 Å². The average molecular weight is 418 g/mol. The number of benzene rings is 1. The lowest BCUT2D eigenvalue weighted by Gasteiger charge is -2.30. The molecule has 1 fully saturated rings. The molecular weight excluding hydrogens is 392 g/mol. The van der Waals surface area contributed by atoms with Gasteiger partial charge in [0.15, 0.2) is 5.78 Å². The Morgan fingerprint density at radius 1 is 1.16 bits per heavy atom. The number of hydrogen-bond donors (Lipinski definition) is 1. The molecule has 0 bridgehead atoms. The van der Waals surface area contributed by atoms with Crippen molar-refractivity contribution in [3.05, 3.63) is 59.3 Å². The van der Waals surface area contributed by atoms with Crippen LogP contribution in [0.3, 0.4) is 0 Å². The molecule has 6 heteroatoms. The van der Waals surface area contributed by atoms with Gasteiger partial charge in [-0.2, -0.15) is 0 Å². The van der Waals surface area contributed by atoms with Crippen molar-refractivity contribution in [3.63, 3.8) is 0 Å². The number of ether oxygens (including phenoxy) is 1. The molecule has 6 nitrogen and oxygen atoms in total. The molecule has 5 rings (SSSR count). The van der Waals surface area contributed by atoms with Crippen LogP contribution in [-0.4, -0.2) is 28.8 Å². The van der Waals surface area contributed by atoms with Crippen molar-refractivity contribution < 1.29 is 18.7 Å². The smallest absolute Gasteiger partial charge is 0.255 e. The number of fused-ring (bicyclic) bond motifs is 2. The maximum Gasteiger partial charge on any atom is 0.255 e. The first kappa shape index (κ1) is 19.8. The first-order chi connectivity index (χ1) is 15.1. The molecule has 0 aliphatic heterocycles. The molecule has 0 radical (unpaired) electrons. The minimum Gasteiger partial charge on any atom is -0.490 e. The number of carbonyl (C=O) groups excluding carboxylic acids is 2. The summed E-state index contributed by atoms with van der Waals surface area (Å²) in [6.07, 6.45) is 9.17. The Bertz CT molecular complexity index is 1140. The van der Waals surface area contributed by atoms with E-state index in [2.05, 4.69) is 10.3 Å². The molecule has 0 unspecified atom stereocenters. The van der Waals surface area contributed by atoms with E-state index < -0.39 is 0 Å². The van der Waals surface area contributed by atoms with Gasteiger partial charge in [-0.25, -0.2) is 0 Å². The van der Waals surface area contributed by atoms with Crippen molar-refractivity contribution in [2.75, 3.05) is 0 Å². The van der Waals surface area contributed by atoms with Crippen molar-refractivity contribution in [3.8, 4) is 5.75 Å². The molecule has 2 aliphatic rings. The molecular formula is C25H26N2O4. The SMILES string of the molecule is Cc1oc2c(c1C(=O)NC1CCC(Oc3cccc4cnccc34)CC1)C(=O)CCC2. The molecule has 1 saturated carbocycles. The van der Waals surface area contributed by atoms with E-state index in [0.717, 1.165) is 55.0 Å². The summed E-state index contributed by atoms with van der Waals surface area (Å²) in [6.45, 7) is 1.77. The van der Waals surface area contributed by atoms with E-state index in [-0.39, 0.29) is 23.8 Å². The number of nitrogens with zero attached hydrogens (tertiary/aromatic N) is 1. The number of nitrogens with one attached hydrogen (secondary N) is 1. The number of ketones is 1. The van der Waals surface area contributed by atoms with Gasteiger partial charge in [0.05, 0.1) is 17.2 Å². The lowest BCUT2D eigenvalue weighted by atomic mass is 9.91. The Labute approximate surface area is 181 Å². The molecule has 2 aliphatic carbocycles. The Morgan fingerprint density at radius 3 is 2.84 bits per heavy atom. The largest absolute Gasteiger partial charge is 0.490 e. The molecule has 1 N–H and O–H groups in total. The number of rotatable bonds is 4. The van der Waals surface area contributed by atoms with Gasteiger partial charge in [0, 0.05) is 42.0 Å². The number of carbonyl (C=O) groups is 2. The van der Waals surface area contributed by atoms with Gasteiger partial charge in [-0.15, -0.1) is 0 Å². The van der Waals surface area contributed by atoms with E-state index in [0.29, 0.717) is 29.1 Å². The molecule has 31 heavy (non-hydrogen) atoms.